The summed E-state index contributed by atoms with van der Waals surface area (Å²) in [5.74, 6) is 2.30. The van der Waals surface area contributed by atoms with Gasteiger partial charge in [-0.25, -0.2) is 4.79 Å². The third-order valence-corrected chi connectivity index (χ3v) is 8.87. The molecule has 0 aliphatic heterocycles. The van der Waals surface area contributed by atoms with Gasteiger partial charge in [0.2, 0.25) is 0 Å². The molecule has 0 heterocycles. The Morgan fingerprint density at radius 2 is 1.26 bits per heavy atom. The van der Waals surface area contributed by atoms with E-state index >= 15 is 0 Å². The monoisotopic (exact) mass is 474 g/mol. The van der Waals surface area contributed by atoms with Crippen molar-refractivity contribution < 1.29 is 19.1 Å². The van der Waals surface area contributed by atoms with Crippen LogP contribution in [0.3, 0.4) is 0 Å². The largest absolute Gasteiger partial charge is 0.462 e. The van der Waals surface area contributed by atoms with E-state index in [9.17, 15) is 9.59 Å². The van der Waals surface area contributed by atoms with Crippen LogP contribution in [0.5, 0.6) is 0 Å². The van der Waals surface area contributed by atoms with Crippen molar-refractivity contribution in [3.63, 3.8) is 0 Å². The molecule has 0 spiro atoms. The first-order chi connectivity index (χ1) is 16.6. The fraction of sp³-hybridized carbons (Fsp3) is 0.867. The molecule has 0 aromatic carbocycles. The standard InChI is InChI=1S/C30H50O4/c1-3-5-6-7-8-10-23-11-19-28(20-12-23)34-30(32)26-15-13-24(14-16-26)25-17-21-27(22-18-25)33-29(31)9-4-2/h4,9,23-28H,3,5-8,10-22H2,1-2H3/b9-4+. The molecular weight excluding hydrogens is 424 g/mol. The Labute approximate surface area is 208 Å². The van der Waals surface area contributed by atoms with Gasteiger partial charge in [-0.1, -0.05) is 51.5 Å². The molecule has 0 unspecified atom stereocenters. The molecule has 3 aliphatic carbocycles. The molecule has 0 atom stereocenters. The van der Waals surface area contributed by atoms with E-state index in [4.69, 9.17) is 9.47 Å². The number of hydrogen-bond acceptors (Lipinski definition) is 4. The van der Waals surface area contributed by atoms with Crippen LogP contribution in [0.2, 0.25) is 0 Å². The lowest BCUT2D eigenvalue weighted by molar-refractivity contribution is -0.157. The predicted molar refractivity (Wildman–Crippen MR) is 137 cm³/mol. The van der Waals surface area contributed by atoms with Gasteiger partial charge < -0.3 is 9.47 Å². The number of allylic oxidation sites excluding steroid dienone is 1. The summed E-state index contributed by atoms with van der Waals surface area (Å²) >= 11 is 0. The Kier molecular flexibility index (Phi) is 12.0. The van der Waals surface area contributed by atoms with Crippen LogP contribution >= 0.6 is 0 Å². The van der Waals surface area contributed by atoms with E-state index in [-0.39, 0.29) is 30.1 Å². The first-order valence-electron chi connectivity index (χ1n) is 14.6. The molecule has 4 nitrogen and oxygen atoms in total. The number of unbranched alkanes of at least 4 members (excludes halogenated alkanes) is 4. The highest BCUT2D eigenvalue weighted by Gasteiger charge is 2.35. The quantitative estimate of drug-likeness (QED) is 0.173. The maximum Gasteiger partial charge on any atom is 0.330 e. The molecule has 0 amide bonds. The fourth-order valence-electron chi connectivity index (χ4n) is 6.68. The number of carbonyl (C=O) groups excluding carboxylic acids is 2. The van der Waals surface area contributed by atoms with Gasteiger partial charge in [0.25, 0.3) is 0 Å². The highest BCUT2D eigenvalue weighted by atomic mass is 16.5. The zero-order valence-corrected chi connectivity index (χ0v) is 22.0. The zero-order valence-electron chi connectivity index (χ0n) is 22.0. The van der Waals surface area contributed by atoms with Crippen LogP contribution in [0.25, 0.3) is 0 Å². The Hall–Kier alpha value is -1.32. The van der Waals surface area contributed by atoms with Gasteiger partial charge in [0, 0.05) is 6.08 Å². The SMILES string of the molecule is C/C=C/C(=O)OC1CCC(C2CCC(C(=O)OC3CCC(CCCCCCC)CC3)CC2)CC1. The highest BCUT2D eigenvalue weighted by molar-refractivity contribution is 5.81. The molecule has 3 saturated carbocycles. The molecule has 0 bridgehead atoms. The lowest BCUT2D eigenvalue weighted by Crippen LogP contribution is -2.33. The van der Waals surface area contributed by atoms with Crippen molar-refractivity contribution in [2.45, 2.75) is 142 Å². The smallest absolute Gasteiger partial charge is 0.330 e. The van der Waals surface area contributed by atoms with Gasteiger partial charge in [0.15, 0.2) is 0 Å². The van der Waals surface area contributed by atoms with Crippen molar-refractivity contribution >= 4 is 11.9 Å². The van der Waals surface area contributed by atoms with Gasteiger partial charge in [-0.05, 0) is 102 Å². The topological polar surface area (TPSA) is 52.6 Å². The Morgan fingerprint density at radius 3 is 1.88 bits per heavy atom. The molecule has 194 valence electrons. The highest BCUT2D eigenvalue weighted by Crippen LogP contribution is 2.41. The number of rotatable bonds is 11. The minimum Gasteiger partial charge on any atom is -0.462 e. The normalized spacial score (nSPS) is 32.4. The molecule has 0 N–H and O–H groups in total. The Bertz CT molecular complexity index is 618. The number of ether oxygens (including phenoxy) is 2. The van der Waals surface area contributed by atoms with Crippen molar-refractivity contribution in [2.24, 2.45) is 23.7 Å². The van der Waals surface area contributed by atoms with Crippen LogP contribution in [0.4, 0.5) is 0 Å². The summed E-state index contributed by atoms with van der Waals surface area (Å²) in [6, 6.07) is 0. The van der Waals surface area contributed by atoms with Gasteiger partial charge in [0.1, 0.15) is 12.2 Å². The summed E-state index contributed by atoms with van der Waals surface area (Å²) in [6.45, 7) is 4.11. The zero-order chi connectivity index (χ0) is 24.2. The van der Waals surface area contributed by atoms with E-state index in [2.05, 4.69) is 6.92 Å². The molecule has 3 fully saturated rings. The van der Waals surface area contributed by atoms with Crippen LogP contribution in [0.1, 0.15) is 129 Å². The van der Waals surface area contributed by atoms with Crippen molar-refractivity contribution in [3.8, 4) is 0 Å². The number of hydrogen-bond donors (Lipinski definition) is 0. The van der Waals surface area contributed by atoms with Gasteiger partial charge in [-0.15, -0.1) is 0 Å². The number of carbonyl (C=O) groups is 2. The average Bonchev–Trinajstić information content (AvgIpc) is 2.85. The second kappa shape index (κ2) is 14.9. The lowest BCUT2D eigenvalue weighted by atomic mass is 9.70. The van der Waals surface area contributed by atoms with Crippen LogP contribution < -0.4 is 0 Å². The maximum absolute atomic E-state index is 12.8. The van der Waals surface area contributed by atoms with Crippen LogP contribution in [0.15, 0.2) is 12.2 Å². The second-order valence-corrected chi connectivity index (χ2v) is 11.4. The summed E-state index contributed by atoms with van der Waals surface area (Å²) in [5.41, 5.74) is 0. The summed E-state index contributed by atoms with van der Waals surface area (Å²) < 4.78 is 11.5. The molecule has 0 aromatic rings. The van der Waals surface area contributed by atoms with Crippen molar-refractivity contribution in [2.75, 3.05) is 0 Å². The minimum atomic E-state index is -0.208. The predicted octanol–water partition coefficient (Wildman–Crippen LogP) is 7.93. The summed E-state index contributed by atoms with van der Waals surface area (Å²) in [5, 5.41) is 0. The summed E-state index contributed by atoms with van der Waals surface area (Å²) in [7, 11) is 0. The van der Waals surface area contributed by atoms with E-state index in [1.807, 2.05) is 6.92 Å². The van der Waals surface area contributed by atoms with E-state index in [1.165, 1.54) is 57.4 Å². The van der Waals surface area contributed by atoms with Crippen LogP contribution in [0, 0.1) is 23.7 Å². The van der Waals surface area contributed by atoms with Gasteiger partial charge in [-0.2, -0.15) is 0 Å². The fourth-order valence-corrected chi connectivity index (χ4v) is 6.68. The van der Waals surface area contributed by atoms with E-state index in [1.54, 1.807) is 6.08 Å². The molecule has 0 radical (unpaired) electrons. The van der Waals surface area contributed by atoms with E-state index in [0.717, 1.165) is 82.0 Å². The average molecular weight is 475 g/mol. The Balaban J connectivity index is 1.27. The van der Waals surface area contributed by atoms with E-state index < -0.39 is 0 Å². The minimum absolute atomic E-state index is 0.0843. The van der Waals surface area contributed by atoms with Gasteiger partial charge >= 0.3 is 11.9 Å². The van der Waals surface area contributed by atoms with Crippen molar-refractivity contribution in [3.05, 3.63) is 12.2 Å². The first-order valence-corrected chi connectivity index (χ1v) is 14.6. The van der Waals surface area contributed by atoms with Crippen LogP contribution in [-0.2, 0) is 19.1 Å². The van der Waals surface area contributed by atoms with Crippen LogP contribution in [-0.4, -0.2) is 24.1 Å². The molecular formula is C30H50O4. The van der Waals surface area contributed by atoms with Crippen molar-refractivity contribution in [1.29, 1.82) is 0 Å². The Morgan fingerprint density at radius 1 is 0.706 bits per heavy atom. The third-order valence-electron chi connectivity index (χ3n) is 8.87. The molecule has 4 heteroatoms. The molecule has 0 saturated heterocycles. The lowest BCUT2D eigenvalue weighted by Gasteiger charge is -2.37. The second-order valence-electron chi connectivity index (χ2n) is 11.4. The summed E-state index contributed by atoms with van der Waals surface area (Å²) in [4.78, 5) is 24.5. The van der Waals surface area contributed by atoms with Gasteiger partial charge in [0.05, 0.1) is 5.92 Å². The first kappa shape index (κ1) is 27.3. The molecule has 34 heavy (non-hydrogen) atoms. The maximum atomic E-state index is 12.8. The van der Waals surface area contributed by atoms with Crippen molar-refractivity contribution in [1.82, 2.24) is 0 Å². The molecule has 3 aliphatic rings. The van der Waals surface area contributed by atoms with E-state index in [0.29, 0.717) is 0 Å². The number of esters is 2. The summed E-state index contributed by atoms with van der Waals surface area (Å²) in [6.07, 6.45) is 24.9. The molecule has 3 rings (SSSR count). The third kappa shape index (κ3) is 9.04. The molecule has 0 aromatic heterocycles. The van der Waals surface area contributed by atoms with Gasteiger partial charge in [-0.3, -0.25) is 4.79 Å².